The van der Waals surface area contributed by atoms with Crippen LogP contribution in [-0.4, -0.2) is 11.3 Å². The van der Waals surface area contributed by atoms with Crippen molar-refractivity contribution in [2.75, 3.05) is 11.9 Å². The number of anilines is 1. The molecule has 1 aromatic rings. The van der Waals surface area contributed by atoms with Gasteiger partial charge in [0, 0.05) is 21.9 Å². The average Bonchev–Trinajstić information content (AvgIpc) is 2.06. The Kier molecular flexibility index (Phi) is 2.20. The van der Waals surface area contributed by atoms with Crippen LogP contribution >= 0.6 is 23.4 Å². The Morgan fingerprint density at radius 2 is 2.23 bits per heavy atom. The molecule has 0 atom stereocenters. The van der Waals surface area contributed by atoms with Crippen molar-refractivity contribution in [2.45, 2.75) is 23.5 Å². The van der Waals surface area contributed by atoms with Crippen LogP contribution in [0.5, 0.6) is 0 Å². The van der Waals surface area contributed by atoms with Gasteiger partial charge in [-0.05, 0) is 26.0 Å². The molecule has 1 nitrogen and oxygen atoms in total. The molecular formula is C10H12ClNS. The molecule has 0 bridgehead atoms. The van der Waals surface area contributed by atoms with E-state index < -0.39 is 0 Å². The summed E-state index contributed by atoms with van der Waals surface area (Å²) in [4.78, 5) is 1.18. The molecule has 70 valence electrons. The van der Waals surface area contributed by atoms with E-state index in [9.17, 15) is 0 Å². The third-order valence-electron chi connectivity index (χ3n) is 2.05. The van der Waals surface area contributed by atoms with E-state index in [0.717, 1.165) is 17.3 Å². The lowest BCUT2D eigenvalue weighted by Gasteiger charge is -2.32. The zero-order valence-corrected chi connectivity index (χ0v) is 9.30. The number of hydrogen-bond donors (Lipinski definition) is 1. The van der Waals surface area contributed by atoms with Crippen molar-refractivity contribution in [1.29, 1.82) is 0 Å². The Hall–Kier alpha value is -0.340. The number of fused-ring (bicyclic) bond motifs is 1. The van der Waals surface area contributed by atoms with Crippen LogP contribution in [0, 0.1) is 0 Å². The van der Waals surface area contributed by atoms with E-state index in [2.05, 4.69) is 25.2 Å². The number of nitrogens with one attached hydrogen (secondary N) is 1. The van der Waals surface area contributed by atoms with Gasteiger partial charge in [0.25, 0.3) is 0 Å². The van der Waals surface area contributed by atoms with Gasteiger partial charge in [0.05, 0.1) is 5.02 Å². The zero-order chi connectivity index (χ0) is 9.47. The van der Waals surface area contributed by atoms with Crippen LogP contribution in [0.1, 0.15) is 13.8 Å². The third kappa shape index (κ3) is 1.79. The largest absolute Gasteiger partial charge is 0.383 e. The van der Waals surface area contributed by atoms with Crippen LogP contribution < -0.4 is 5.32 Å². The second-order valence-corrected chi connectivity index (χ2v) is 5.96. The first-order valence-electron chi connectivity index (χ1n) is 4.30. The molecular weight excluding hydrogens is 202 g/mol. The summed E-state index contributed by atoms with van der Waals surface area (Å²) in [7, 11) is 0. The number of halogens is 1. The smallest absolute Gasteiger partial charge is 0.0563 e. The monoisotopic (exact) mass is 213 g/mol. The zero-order valence-electron chi connectivity index (χ0n) is 7.73. The maximum absolute atomic E-state index is 6.11. The summed E-state index contributed by atoms with van der Waals surface area (Å²) >= 11 is 7.95. The quantitative estimate of drug-likeness (QED) is 0.706. The second-order valence-electron chi connectivity index (χ2n) is 3.83. The van der Waals surface area contributed by atoms with E-state index >= 15 is 0 Å². The van der Waals surface area contributed by atoms with E-state index in [4.69, 9.17) is 11.6 Å². The normalized spacial score (nSPS) is 19.0. The molecule has 0 fully saturated rings. The molecule has 1 aliphatic heterocycles. The Balaban J connectivity index is 2.44. The molecule has 13 heavy (non-hydrogen) atoms. The van der Waals surface area contributed by atoms with Crippen molar-refractivity contribution in [3.8, 4) is 0 Å². The minimum Gasteiger partial charge on any atom is -0.383 e. The second kappa shape index (κ2) is 3.10. The number of hydrogen-bond acceptors (Lipinski definition) is 2. The highest BCUT2D eigenvalue weighted by molar-refractivity contribution is 8.01. The first kappa shape index (κ1) is 9.22. The SMILES string of the molecule is CC1(C)CNc2cccc(Cl)c2S1. The van der Waals surface area contributed by atoms with Gasteiger partial charge in [0.15, 0.2) is 0 Å². The molecule has 1 N–H and O–H groups in total. The molecule has 0 unspecified atom stereocenters. The van der Waals surface area contributed by atoms with Gasteiger partial charge in [0.1, 0.15) is 0 Å². The number of benzene rings is 1. The maximum Gasteiger partial charge on any atom is 0.0563 e. The summed E-state index contributed by atoms with van der Waals surface area (Å²) in [5.74, 6) is 0. The highest BCUT2D eigenvalue weighted by Gasteiger charge is 2.26. The van der Waals surface area contributed by atoms with Crippen molar-refractivity contribution in [1.82, 2.24) is 0 Å². The van der Waals surface area contributed by atoms with E-state index in [1.807, 2.05) is 23.9 Å². The molecule has 0 aliphatic carbocycles. The Morgan fingerprint density at radius 3 is 3.00 bits per heavy atom. The molecule has 1 aliphatic rings. The van der Waals surface area contributed by atoms with Crippen molar-refractivity contribution in [3.05, 3.63) is 23.2 Å². The molecule has 0 radical (unpaired) electrons. The number of rotatable bonds is 0. The summed E-state index contributed by atoms with van der Waals surface area (Å²) in [6.45, 7) is 5.43. The van der Waals surface area contributed by atoms with Crippen molar-refractivity contribution < 1.29 is 0 Å². The van der Waals surface area contributed by atoms with E-state index in [1.165, 1.54) is 4.90 Å². The van der Waals surface area contributed by atoms with Gasteiger partial charge in [-0.25, -0.2) is 0 Å². The van der Waals surface area contributed by atoms with Crippen LogP contribution in [0.4, 0.5) is 5.69 Å². The Morgan fingerprint density at radius 1 is 1.46 bits per heavy atom. The van der Waals surface area contributed by atoms with Gasteiger partial charge >= 0.3 is 0 Å². The van der Waals surface area contributed by atoms with Gasteiger partial charge in [-0.1, -0.05) is 17.7 Å². The van der Waals surface area contributed by atoms with E-state index in [-0.39, 0.29) is 4.75 Å². The molecule has 0 aromatic heterocycles. The Labute approximate surface area is 87.9 Å². The minimum absolute atomic E-state index is 0.234. The van der Waals surface area contributed by atoms with Gasteiger partial charge in [0.2, 0.25) is 0 Å². The van der Waals surface area contributed by atoms with E-state index in [1.54, 1.807) is 0 Å². The van der Waals surface area contributed by atoms with Crippen LogP contribution in [0.3, 0.4) is 0 Å². The highest BCUT2D eigenvalue weighted by atomic mass is 35.5. The van der Waals surface area contributed by atoms with Crippen LogP contribution in [0.2, 0.25) is 5.02 Å². The molecule has 0 saturated heterocycles. The van der Waals surface area contributed by atoms with Crippen LogP contribution in [-0.2, 0) is 0 Å². The molecule has 2 rings (SSSR count). The van der Waals surface area contributed by atoms with E-state index in [0.29, 0.717) is 0 Å². The summed E-state index contributed by atoms with van der Waals surface area (Å²) in [5.41, 5.74) is 1.16. The van der Waals surface area contributed by atoms with Gasteiger partial charge in [-0.2, -0.15) is 0 Å². The summed E-state index contributed by atoms with van der Waals surface area (Å²) < 4.78 is 0.234. The van der Waals surface area contributed by atoms with Crippen LogP contribution in [0.25, 0.3) is 0 Å². The predicted molar refractivity (Wildman–Crippen MR) is 59.9 cm³/mol. The number of thioether (sulfide) groups is 1. The van der Waals surface area contributed by atoms with Crippen molar-refractivity contribution in [3.63, 3.8) is 0 Å². The summed E-state index contributed by atoms with van der Waals surface area (Å²) in [6, 6.07) is 5.99. The maximum atomic E-state index is 6.11. The fourth-order valence-corrected chi connectivity index (χ4v) is 2.78. The first-order chi connectivity index (χ1) is 6.08. The lowest BCUT2D eigenvalue weighted by molar-refractivity contribution is 0.739. The molecule has 0 spiro atoms. The fourth-order valence-electron chi connectivity index (χ4n) is 1.37. The average molecular weight is 214 g/mol. The first-order valence-corrected chi connectivity index (χ1v) is 5.49. The van der Waals surface area contributed by atoms with Gasteiger partial charge in [-0.15, -0.1) is 11.8 Å². The molecule has 0 amide bonds. The van der Waals surface area contributed by atoms with Gasteiger partial charge < -0.3 is 5.32 Å². The third-order valence-corrected chi connectivity index (χ3v) is 3.82. The molecule has 1 aromatic carbocycles. The molecule has 3 heteroatoms. The van der Waals surface area contributed by atoms with Crippen molar-refractivity contribution in [2.24, 2.45) is 0 Å². The Bertz CT molecular complexity index is 336. The van der Waals surface area contributed by atoms with Crippen molar-refractivity contribution >= 4 is 29.1 Å². The lowest BCUT2D eigenvalue weighted by Crippen LogP contribution is -2.29. The molecule has 1 heterocycles. The highest BCUT2D eigenvalue weighted by Crippen LogP contribution is 2.44. The summed E-state index contributed by atoms with van der Waals surface area (Å²) in [6.07, 6.45) is 0. The molecule has 0 saturated carbocycles. The predicted octanol–water partition coefficient (Wildman–Crippen LogP) is 3.64. The fraction of sp³-hybridized carbons (Fsp3) is 0.400. The van der Waals surface area contributed by atoms with Crippen LogP contribution in [0.15, 0.2) is 23.1 Å². The standard InChI is InChI=1S/C10H12ClNS/c1-10(2)6-12-8-5-3-4-7(11)9(8)13-10/h3-5,12H,6H2,1-2H3. The minimum atomic E-state index is 0.234. The lowest BCUT2D eigenvalue weighted by atomic mass is 10.2. The van der Waals surface area contributed by atoms with Gasteiger partial charge in [-0.3, -0.25) is 0 Å². The summed E-state index contributed by atoms with van der Waals surface area (Å²) in [5, 5.41) is 4.24. The topological polar surface area (TPSA) is 12.0 Å².